The summed E-state index contributed by atoms with van der Waals surface area (Å²) < 4.78 is 15.5. The molecule has 1 heterocycles. The van der Waals surface area contributed by atoms with Crippen molar-refractivity contribution >= 4 is 18.0 Å². The third-order valence-corrected chi connectivity index (χ3v) is 4.82. The Morgan fingerprint density at radius 2 is 1.61 bits per heavy atom. The zero-order valence-electron chi connectivity index (χ0n) is 17.0. The van der Waals surface area contributed by atoms with Gasteiger partial charge in [-0.1, -0.05) is 30.3 Å². The Bertz CT molecular complexity index is 997. The molecule has 11 nitrogen and oxygen atoms in total. The van der Waals surface area contributed by atoms with E-state index in [0.29, 0.717) is 5.56 Å². The molecule has 6 N–H and O–H groups in total. The highest BCUT2D eigenvalue weighted by atomic mass is 16.7. The summed E-state index contributed by atoms with van der Waals surface area (Å²) in [5, 5.41) is 58.5. The number of carbonyl (C=O) groups excluding carboxylic acids is 2. The van der Waals surface area contributed by atoms with Crippen LogP contribution in [0.3, 0.4) is 0 Å². The average Bonchev–Trinajstić information content (AvgIpc) is 2.81. The normalized spacial score (nSPS) is 25.0. The molecule has 1 saturated heterocycles. The van der Waals surface area contributed by atoms with E-state index in [0.717, 1.165) is 18.2 Å². The number of aliphatic hydroxyl groups excluding tert-OH is 3. The number of esters is 2. The van der Waals surface area contributed by atoms with Gasteiger partial charge in [0.2, 0.25) is 6.29 Å². The van der Waals surface area contributed by atoms with Crippen molar-refractivity contribution < 1.29 is 54.4 Å². The summed E-state index contributed by atoms with van der Waals surface area (Å²) in [7, 11) is 0. The van der Waals surface area contributed by atoms with E-state index in [4.69, 9.17) is 14.2 Å². The number of rotatable bonds is 6. The molecule has 1 aliphatic rings. The Morgan fingerprint density at radius 3 is 2.21 bits per heavy atom. The molecular formula is C22H22O11. The van der Waals surface area contributed by atoms with Crippen LogP contribution in [-0.2, 0) is 19.0 Å². The number of carbonyl (C=O) groups is 2. The summed E-state index contributed by atoms with van der Waals surface area (Å²) in [6, 6.07) is 10.4. The number of phenolic OH excluding ortho intramolecular Hbond substituents is 3. The van der Waals surface area contributed by atoms with Gasteiger partial charge in [0, 0.05) is 6.08 Å². The van der Waals surface area contributed by atoms with E-state index in [2.05, 4.69) is 0 Å². The van der Waals surface area contributed by atoms with E-state index in [9.17, 15) is 40.2 Å². The van der Waals surface area contributed by atoms with Gasteiger partial charge in [0.1, 0.15) is 18.3 Å². The lowest BCUT2D eigenvalue weighted by Crippen LogP contribution is -2.60. The van der Waals surface area contributed by atoms with Gasteiger partial charge in [0.15, 0.2) is 23.4 Å². The van der Waals surface area contributed by atoms with Gasteiger partial charge in [-0.15, -0.1) is 0 Å². The van der Waals surface area contributed by atoms with Crippen LogP contribution in [0.25, 0.3) is 6.08 Å². The first-order chi connectivity index (χ1) is 15.7. The van der Waals surface area contributed by atoms with E-state index in [1.165, 1.54) is 6.08 Å². The van der Waals surface area contributed by atoms with E-state index >= 15 is 0 Å². The zero-order chi connectivity index (χ0) is 24.1. The highest BCUT2D eigenvalue weighted by Crippen LogP contribution is 2.36. The SMILES string of the molecule is O=C(C=Cc1ccccc1)O[C@@H]1[C@H](OC(=O)c2cc(O)c(O)c(O)c2)O[C@@H](CO)[C@@H](O)[C@@H]1O. The number of phenols is 3. The van der Waals surface area contributed by atoms with Crippen molar-refractivity contribution in [2.24, 2.45) is 0 Å². The van der Waals surface area contributed by atoms with Crippen molar-refractivity contribution in [1.29, 1.82) is 0 Å². The molecule has 3 rings (SSSR count). The molecule has 33 heavy (non-hydrogen) atoms. The van der Waals surface area contributed by atoms with Crippen LogP contribution in [0.2, 0.25) is 0 Å². The fraction of sp³-hybridized carbons (Fsp3) is 0.273. The molecule has 0 radical (unpaired) electrons. The fourth-order valence-electron chi connectivity index (χ4n) is 3.07. The molecule has 2 aromatic rings. The standard InChI is InChI=1S/C22H22O11/c23-10-15-18(28)19(29)20(32-16(26)7-6-11-4-2-1-3-5-11)22(31-15)33-21(30)12-8-13(24)17(27)14(25)9-12/h1-9,15,18-20,22-25,27-29H,10H2/t15-,18+,19-,20-,22-/m0/s1. The van der Waals surface area contributed by atoms with Crippen LogP contribution < -0.4 is 0 Å². The second kappa shape index (κ2) is 10.3. The summed E-state index contributed by atoms with van der Waals surface area (Å²) in [5.41, 5.74) is 0.284. The minimum atomic E-state index is -1.79. The van der Waals surface area contributed by atoms with Crippen molar-refractivity contribution in [1.82, 2.24) is 0 Å². The van der Waals surface area contributed by atoms with Gasteiger partial charge in [0.05, 0.1) is 12.2 Å². The first-order valence-corrected chi connectivity index (χ1v) is 9.73. The van der Waals surface area contributed by atoms with E-state index in [1.807, 2.05) is 0 Å². The van der Waals surface area contributed by atoms with E-state index < -0.39 is 72.1 Å². The zero-order valence-corrected chi connectivity index (χ0v) is 17.0. The maximum Gasteiger partial charge on any atom is 0.340 e. The van der Waals surface area contributed by atoms with Crippen LogP contribution in [-0.4, -0.2) is 79.9 Å². The van der Waals surface area contributed by atoms with E-state index in [1.54, 1.807) is 30.3 Å². The van der Waals surface area contributed by atoms with Gasteiger partial charge in [-0.25, -0.2) is 9.59 Å². The number of hydrogen-bond donors (Lipinski definition) is 6. The molecule has 5 atom stereocenters. The van der Waals surface area contributed by atoms with Gasteiger partial charge < -0.3 is 44.8 Å². The Hall–Kier alpha value is -3.64. The Labute approximate surface area is 187 Å². The Balaban J connectivity index is 1.79. The van der Waals surface area contributed by atoms with Crippen molar-refractivity contribution in [2.45, 2.75) is 30.7 Å². The van der Waals surface area contributed by atoms with Crippen LogP contribution in [0.5, 0.6) is 17.2 Å². The third kappa shape index (κ3) is 5.59. The summed E-state index contributed by atoms with van der Waals surface area (Å²) >= 11 is 0. The molecule has 1 fully saturated rings. The lowest BCUT2D eigenvalue weighted by Gasteiger charge is -2.40. The second-order valence-corrected chi connectivity index (χ2v) is 7.12. The predicted octanol–water partition coefficient (Wildman–Crippen LogP) is 0.0244. The molecule has 0 spiro atoms. The summed E-state index contributed by atoms with van der Waals surface area (Å²) in [4.78, 5) is 24.8. The molecule has 0 bridgehead atoms. The van der Waals surface area contributed by atoms with Crippen LogP contribution in [0.1, 0.15) is 15.9 Å². The number of ether oxygens (including phenoxy) is 3. The van der Waals surface area contributed by atoms with Gasteiger partial charge in [-0.3, -0.25) is 0 Å². The first kappa shape index (κ1) is 24.0. The molecule has 0 unspecified atom stereocenters. The first-order valence-electron chi connectivity index (χ1n) is 9.73. The minimum absolute atomic E-state index is 0.401. The molecule has 0 amide bonds. The van der Waals surface area contributed by atoms with E-state index in [-0.39, 0.29) is 0 Å². The molecule has 0 saturated carbocycles. The average molecular weight is 462 g/mol. The molecule has 2 aromatic carbocycles. The lowest BCUT2D eigenvalue weighted by molar-refractivity contribution is -0.288. The van der Waals surface area contributed by atoms with Crippen molar-refractivity contribution in [3.8, 4) is 17.2 Å². The van der Waals surface area contributed by atoms with Crippen LogP contribution in [0, 0.1) is 0 Å². The number of aliphatic hydroxyl groups is 3. The van der Waals surface area contributed by atoms with Crippen LogP contribution in [0.15, 0.2) is 48.5 Å². The van der Waals surface area contributed by atoms with Crippen LogP contribution in [0.4, 0.5) is 0 Å². The van der Waals surface area contributed by atoms with Crippen molar-refractivity contribution in [2.75, 3.05) is 6.61 Å². The molecule has 1 aliphatic heterocycles. The monoisotopic (exact) mass is 462 g/mol. The molecule has 176 valence electrons. The van der Waals surface area contributed by atoms with Gasteiger partial charge >= 0.3 is 11.9 Å². The lowest BCUT2D eigenvalue weighted by atomic mass is 9.99. The third-order valence-electron chi connectivity index (χ3n) is 4.82. The van der Waals surface area contributed by atoms with Crippen molar-refractivity contribution in [3.05, 3.63) is 59.7 Å². The van der Waals surface area contributed by atoms with Gasteiger partial charge in [0.25, 0.3) is 0 Å². The maximum atomic E-state index is 12.5. The summed E-state index contributed by atoms with van der Waals surface area (Å²) in [6.45, 7) is -0.748. The van der Waals surface area contributed by atoms with Crippen LogP contribution >= 0.6 is 0 Å². The Kier molecular flexibility index (Phi) is 7.51. The molecule has 0 aliphatic carbocycles. The highest BCUT2D eigenvalue weighted by molar-refractivity contribution is 5.91. The highest BCUT2D eigenvalue weighted by Gasteiger charge is 2.48. The number of hydrogen-bond acceptors (Lipinski definition) is 11. The predicted molar refractivity (Wildman–Crippen MR) is 110 cm³/mol. The minimum Gasteiger partial charge on any atom is -0.504 e. The number of benzene rings is 2. The quantitative estimate of drug-likeness (QED) is 0.193. The van der Waals surface area contributed by atoms with Gasteiger partial charge in [-0.05, 0) is 23.8 Å². The van der Waals surface area contributed by atoms with Crippen molar-refractivity contribution in [3.63, 3.8) is 0 Å². The fourth-order valence-corrected chi connectivity index (χ4v) is 3.07. The summed E-state index contributed by atoms with van der Waals surface area (Å²) in [6.07, 6.45) is -5.77. The molecule has 0 aromatic heterocycles. The maximum absolute atomic E-state index is 12.5. The molecular weight excluding hydrogens is 440 g/mol. The smallest absolute Gasteiger partial charge is 0.340 e. The second-order valence-electron chi connectivity index (χ2n) is 7.12. The topological polar surface area (TPSA) is 183 Å². The Morgan fingerprint density at radius 1 is 0.970 bits per heavy atom. The largest absolute Gasteiger partial charge is 0.504 e. The molecule has 11 heteroatoms. The van der Waals surface area contributed by atoms with Gasteiger partial charge in [-0.2, -0.15) is 0 Å². The summed E-state index contributed by atoms with van der Waals surface area (Å²) in [5.74, 6) is -4.58. The number of aromatic hydroxyl groups is 3.